The molecule has 2 aliphatic rings. The fourth-order valence-corrected chi connectivity index (χ4v) is 3.73. The Labute approximate surface area is 191 Å². The summed E-state index contributed by atoms with van der Waals surface area (Å²) in [5.41, 5.74) is -1.12. The molecule has 29 heavy (non-hydrogen) atoms. The van der Waals surface area contributed by atoms with Gasteiger partial charge in [-0.2, -0.15) is 0 Å². The molecule has 0 amide bonds. The van der Waals surface area contributed by atoms with Gasteiger partial charge in [-0.15, -0.1) is 24.0 Å². The number of aliphatic imine (C=N–C) groups is 1. The molecule has 1 aromatic heterocycles. The predicted octanol–water partition coefficient (Wildman–Crippen LogP) is 3.12. The van der Waals surface area contributed by atoms with Gasteiger partial charge in [-0.3, -0.25) is 0 Å². The molecule has 0 spiro atoms. The average Bonchev–Trinajstić information content (AvgIpc) is 3.27. The van der Waals surface area contributed by atoms with Crippen molar-refractivity contribution in [3.63, 3.8) is 0 Å². The Morgan fingerprint density at radius 3 is 2.76 bits per heavy atom. The number of halogens is 1. The molecule has 8 heteroatoms. The third-order valence-electron chi connectivity index (χ3n) is 5.46. The molecule has 7 nitrogen and oxygen atoms in total. The Morgan fingerprint density at radius 1 is 1.34 bits per heavy atom. The molecular formula is C21H36IN3O4. The topological polar surface area (TPSA) is 79.5 Å². The quantitative estimate of drug-likeness (QED) is 0.326. The van der Waals surface area contributed by atoms with Crippen molar-refractivity contribution < 1.29 is 19.0 Å². The molecule has 166 valence electrons. The van der Waals surface area contributed by atoms with Gasteiger partial charge in [0, 0.05) is 26.2 Å². The van der Waals surface area contributed by atoms with E-state index in [1.165, 1.54) is 12.8 Å². The van der Waals surface area contributed by atoms with Crippen LogP contribution < -0.4 is 5.32 Å². The molecule has 2 fully saturated rings. The minimum Gasteiger partial charge on any atom is -0.466 e. The third kappa shape index (κ3) is 7.41. The molecular weight excluding hydrogens is 485 g/mol. The Balaban J connectivity index is 0.00000300. The Hall–Kier alpha value is -0.840. The first-order valence-corrected chi connectivity index (χ1v) is 10.6. The van der Waals surface area contributed by atoms with Crippen molar-refractivity contribution in [2.75, 3.05) is 39.4 Å². The number of aliphatic hydroxyl groups is 1. The molecule has 2 atom stereocenters. The monoisotopic (exact) mass is 521 g/mol. The van der Waals surface area contributed by atoms with Crippen LogP contribution in [-0.2, 0) is 15.1 Å². The maximum absolute atomic E-state index is 10.6. The highest BCUT2D eigenvalue weighted by Crippen LogP contribution is 2.22. The predicted molar refractivity (Wildman–Crippen MR) is 124 cm³/mol. The molecule has 2 aliphatic heterocycles. The van der Waals surface area contributed by atoms with Crippen molar-refractivity contribution in [1.29, 1.82) is 0 Å². The lowest BCUT2D eigenvalue weighted by Crippen LogP contribution is -2.47. The molecule has 0 aromatic carbocycles. The number of nitrogens with zero attached hydrogens (tertiary/aromatic N) is 2. The Morgan fingerprint density at radius 2 is 2.14 bits per heavy atom. The highest BCUT2D eigenvalue weighted by Gasteiger charge is 2.28. The maximum Gasteiger partial charge on any atom is 0.194 e. The zero-order valence-electron chi connectivity index (χ0n) is 17.6. The molecule has 2 N–H and O–H groups in total. The van der Waals surface area contributed by atoms with Crippen LogP contribution in [0.1, 0.15) is 51.7 Å². The van der Waals surface area contributed by atoms with Crippen LogP contribution >= 0.6 is 24.0 Å². The standard InChI is InChI=1S/C21H35N3O4.HI/c1-3-22-20(23-16-21(2,25)19-8-6-14-27-19)24-11-9-17(10-12-24)28-15-18-7-4-5-13-26-18;/h6,8,14,17-18,25H,3-5,7,9-13,15-16H2,1-2H3,(H,22,23);1H. The van der Waals surface area contributed by atoms with Crippen molar-refractivity contribution in [3.8, 4) is 0 Å². The minimum absolute atomic E-state index is 0. The third-order valence-corrected chi connectivity index (χ3v) is 5.46. The Bertz CT molecular complexity index is 595. The lowest BCUT2D eigenvalue weighted by molar-refractivity contribution is -0.0721. The fourth-order valence-electron chi connectivity index (χ4n) is 3.73. The van der Waals surface area contributed by atoms with E-state index in [1.54, 1.807) is 25.3 Å². The number of likely N-dealkylation sites (tertiary alicyclic amines) is 1. The van der Waals surface area contributed by atoms with E-state index in [9.17, 15) is 5.11 Å². The summed E-state index contributed by atoms with van der Waals surface area (Å²) in [5, 5.41) is 14.0. The molecule has 2 saturated heterocycles. The Kier molecular flexibility index (Phi) is 10.2. The minimum atomic E-state index is -1.12. The lowest BCUT2D eigenvalue weighted by Gasteiger charge is -2.35. The van der Waals surface area contributed by atoms with Gasteiger partial charge in [0.1, 0.15) is 11.4 Å². The second-order valence-corrected chi connectivity index (χ2v) is 7.93. The van der Waals surface area contributed by atoms with E-state index in [1.807, 2.05) is 0 Å². The SMILES string of the molecule is CCNC(=NCC(C)(O)c1ccco1)N1CCC(OCC2CCCCO2)CC1.I. The summed E-state index contributed by atoms with van der Waals surface area (Å²) >= 11 is 0. The van der Waals surface area contributed by atoms with Crippen LogP contribution in [0.15, 0.2) is 27.8 Å². The number of hydrogen-bond donors (Lipinski definition) is 2. The molecule has 3 rings (SSSR count). The van der Waals surface area contributed by atoms with Crippen LogP contribution in [0.4, 0.5) is 0 Å². The highest BCUT2D eigenvalue weighted by molar-refractivity contribution is 14.0. The maximum atomic E-state index is 10.6. The molecule has 0 radical (unpaired) electrons. The number of ether oxygens (including phenoxy) is 2. The molecule has 2 unspecified atom stereocenters. The van der Waals surface area contributed by atoms with E-state index in [0.29, 0.717) is 12.4 Å². The van der Waals surface area contributed by atoms with Crippen LogP contribution in [0.5, 0.6) is 0 Å². The largest absolute Gasteiger partial charge is 0.466 e. The van der Waals surface area contributed by atoms with Crippen molar-refractivity contribution in [2.24, 2.45) is 4.99 Å². The molecule has 0 saturated carbocycles. The van der Waals surface area contributed by atoms with Crippen LogP contribution in [-0.4, -0.2) is 67.6 Å². The summed E-state index contributed by atoms with van der Waals surface area (Å²) < 4.78 is 17.2. The summed E-state index contributed by atoms with van der Waals surface area (Å²) in [6.07, 6.45) is 7.63. The lowest BCUT2D eigenvalue weighted by atomic mass is 10.0. The second kappa shape index (κ2) is 12.1. The van der Waals surface area contributed by atoms with Gasteiger partial charge in [-0.1, -0.05) is 0 Å². The van der Waals surface area contributed by atoms with Crippen LogP contribution in [0.3, 0.4) is 0 Å². The zero-order chi connectivity index (χ0) is 19.8. The average molecular weight is 521 g/mol. The summed E-state index contributed by atoms with van der Waals surface area (Å²) in [6, 6.07) is 3.56. The van der Waals surface area contributed by atoms with Gasteiger partial charge in [-0.05, 0) is 58.1 Å². The van der Waals surface area contributed by atoms with Crippen molar-refractivity contribution in [1.82, 2.24) is 10.2 Å². The van der Waals surface area contributed by atoms with E-state index >= 15 is 0 Å². The first-order chi connectivity index (χ1) is 13.6. The van der Waals surface area contributed by atoms with Gasteiger partial charge >= 0.3 is 0 Å². The normalized spacial score (nSPS) is 23.3. The molecule has 3 heterocycles. The van der Waals surface area contributed by atoms with Gasteiger partial charge in [0.2, 0.25) is 0 Å². The number of piperidine rings is 1. The smallest absolute Gasteiger partial charge is 0.194 e. The summed E-state index contributed by atoms with van der Waals surface area (Å²) in [7, 11) is 0. The first kappa shape index (κ1) is 24.4. The van der Waals surface area contributed by atoms with Crippen LogP contribution in [0.2, 0.25) is 0 Å². The number of rotatable bonds is 7. The van der Waals surface area contributed by atoms with E-state index < -0.39 is 5.60 Å². The summed E-state index contributed by atoms with van der Waals surface area (Å²) in [6.45, 7) is 8.19. The van der Waals surface area contributed by atoms with E-state index in [4.69, 9.17) is 13.9 Å². The number of hydrogen-bond acceptors (Lipinski definition) is 5. The number of nitrogens with one attached hydrogen (secondary N) is 1. The first-order valence-electron chi connectivity index (χ1n) is 10.6. The zero-order valence-corrected chi connectivity index (χ0v) is 20.0. The highest BCUT2D eigenvalue weighted by atomic mass is 127. The van der Waals surface area contributed by atoms with Gasteiger partial charge in [0.15, 0.2) is 5.96 Å². The van der Waals surface area contributed by atoms with Crippen molar-refractivity contribution in [2.45, 2.75) is 63.8 Å². The molecule has 0 bridgehead atoms. The van der Waals surface area contributed by atoms with Crippen molar-refractivity contribution >= 4 is 29.9 Å². The second-order valence-electron chi connectivity index (χ2n) is 7.93. The summed E-state index contributed by atoms with van der Waals surface area (Å²) in [5.74, 6) is 1.37. The van der Waals surface area contributed by atoms with E-state index in [2.05, 4.69) is 22.1 Å². The van der Waals surface area contributed by atoms with Crippen LogP contribution in [0, 0.1) is 0 Å². The van der Waals surface area contributed by atoms with E-state index in [-0.39, 0.29) is 42.7 Å². The molecule has 1 aromatic rings. The number of guanidine groups is 1. The summed E-state index contributed by atoms with van der Waals surface area (Å²) in [4.78, 5) is 6.92. The number of furan rings is 1. The fraction of sp³-hybridized carbons (Fsp3) is 0.762. The van der Waals surface area contributed by atoms with Gasteiger partial charge in [0.25, 0.3) is 0 Å². The van der Waals surface area contributed by atoms with Gasteiger partial charge in [-0.25, -0.2) is 4.99 Å². The van der Waals surface area contributed by atoms with Crippen LogP contribution in [0.25, 0.3) is 0 Å². The van der Waals surface area contributed by atoms with E-state index in [0.717, 1.165) is 51.5 Å². The molecule has 0 aliphatic carbocycles. The van der Waals surface area contributed by atoms with Gasteiger partial charge < -0.3 is 29.2 Å². The van der Waals surface area contributed by atoms with Gasteiger partial charge in [0.05, 0.1) is 31.6 Å². The van der Waals surface area contributed by atoms with Crippen molar-refractivity contribution in [3.05, 3.63) is 24.2 Å².